The van der Waals surface area contributed by atoms with E-state index in [0.29, 0.717) is 0 Å². The highest BCUT2D eigenvalue weighted by Gasteiger charge is 2.17. The molecule has 0 amide bonds. The van der Waals surface area contributed by atoms with Crippen LogP contribution < -0.4 is 5.73 Å². The van der Waals surface area contributed by atoms with Crippen molar-refractivity contribution in [3.63, 3.8) is 0 Å². The summed E-state index contributed by atoms with van der Waals surface area (Å²) in [5.41, 5.74) is 11.4. The van der Waals surface area contributed by atoms with Gasteiger partial charge in [0.1, 0.15) is 4.83 Å². The van der Waals surface area contributed by atoms with Gasteiger partial charge >= 0.3 is 0 Å². The maximum absolute atomic E-state index is 6.49. The van der Waals surface area contributed by atoms with Gasteiger partial charge in [-0.05, 0) is 36.2 Å². The molecule has 124 valence electrons. The second kappa shape index (κ2) is 6.61. The van der Waals surface area contributed by atoms with Gasteiger partial charge in [0.15, 0.2) is 0 Å². The highest BCUT2D eigenvalue weighted by molar-refractivity contribution is 7.19. The number of aryl methyl sites for hydroxylation is 1. The van der Waals surface area contributed by atoms with Gasteiger partial charge in [0, 0.05) is 46.2 Å². The molecule has 0 bridgehead atoms. The molecule has 0 atom stereocenters. The molecule has 0 saturated carbocycles. The van der Waals surface area contributed by atoms with Crippen molar-refractivity contribution in [3.8, 4) is 22.4 Å². The fraction of sp³-hybridized carbons (Fsp3) is 0.150. The largest absolute Gasteiger partial charge is 0.397 e. The minimum atomic E-state index is 0.853. The quantitative estimate of drug-likeness (QED) is 0.567. The number of nitrogens with two attached hydrogens (primary N) is 1. The first-order chi connectivity index (χ1) is 12.3. The number of nitrogens with zero attached hydrogens (tertiary/aromatic N) is 3. The molecular formula is C20H18N4S. The highest BCUT2D eigenvalue weighted by atomic mass is 32.1. The van der Waals surface area contributed by atoms with Gasteiger partial charge in [-0.15, -0.1) is 11.3 Å². The lowest BCUT2D eigenvalue weighted by molar-refractivity contribution is 0.942. The SMILES string of the molecule is CCCc1sc2nc(-c3cccnc3)cc(-c3cccnc3)c2c1N. The topological polar surface area (TPSA) is 64.7 Å². The maximum atomic E-state index is 6.49. The third-order valence-corrected chi connectivity index (χ3v) is 5.34. The summed E-state index contributed by atoms with van der Waals surface area (Å²) in [6, 6.07) is 10.1. The van der Waals surface area contributed by atoms with E-state index in [2.05, 4.69) is 29.0 Å². The zero-order valence-electron chi connectivity index (χ0n) is 13.9. The van der Waals surface area contributed by atoms with Crippen LogP contribution in [0.1, 0.15) is 18.2 Å². The van der Waals surface area contributed by atoms with Crippen LogP contribution in [0, 0.1) is 0 Å². The van der Waals surface area contributed by atoms with Gasteiger partial charge in [-0.2, -0.15) is 0 Å². The number of hydrogen-bond acceptors (Lipinski definition) is 5. The summed E-state index contributed by atoms with van der Waals surface area (Å²) in [6.45, 7) is 2.17. The van der Waals surface area contributed by atoms with Gasteiger partial charge in [-0.25, -0.2) is 4.98 Å². The van der Waals surface area contributed by atoms with Crippen molar-refractivity contribution < 1.29 is 0 Å². The summed E-state index contributed by atoms with van der Waals surface area (Å²) in [5, 5.41) is 1.04. The van der Waals surface area contributed by atoms with Gasteiger partial charge < -0.3 is 5.73 Å². The van der Waals surface area contributed by atoms with E-state index in [1.54, 1.807) is 23.7 Å². The number of fused-ring (bicyclic) bond motifs is 1. The van der Waals surface area contributed by atoms with Crippen LogP contribution in [0.3, 0.4) is 0 Å². The Kier molecular flexibility index (Phi) is 4.15. The molecule has 0 aromatic carbocycles. The third kappa shape index (κ3) is 2.87. The van der Waals surface area contributed by atoms with E-state index >= 15 is 0 Å². The Morgan fingerprint density at radius 2 is 1.76 bits per heavy atom. The molecule has 0 aliphatic heterocycles. The van der Waals surface area contributed by atoms with Crippen LogP contribution in [0.15, 0.2) is 55.1 Å². The van der Waals surface area contributed by atoms with Crippen molar-refractivity contribution in [3.05, 3.63) is 60.0 Å². The van der Waals surface area contributed by atoms with Gasteiger partial charge in [0.05, 0.1) is 11.4 Å². The number of thiophene rings is 1. The van der Waals surface area contributed by atoms with Crippen molar-refractivity contribution in [2.45, 2.75) is 19.8 Å². The molecule has 4 aromatic rings. The molecule has 0 fully saturated rings. The lowest BCUT2D eigenvalue weighted by Gasteiger charge is -2.08. The third-order valence-electron chi connectivity index (χ3n) is 4.18. The molecule has 4 heterocycles. The van der Waals surface area contributed by atoms with Crippen LogP contribution >= 0.6 is 11.3 Å². The van der Waals surface area contributed by atoms with Gasteiger partial charge in [-0.3, -0.25) is 9.97 Å². The summed E-state index contributed by atoms with van der Waals surface area (Å²) in [6.07, 6.45) is 9.30. The molecule has 4 aromatic heterocycles. The van der Waals surface area contributed by atoms with Crippen LogP contribution in [0.5, 0.6) is 0 Å². The second-order valence-corrected chi connectivity index (χ2v) is 6.99. The van der Waals surface area contributed by atoms with Crippen LogP contribution in [0.2, 0.25) is 0 Å². The van der Waals surface area contributed by atoms with E-state index in [1.165, 1.54) is 4.88 Å². The standard InChI is InChI=1S/C20H18N4S/c1-2-5-17-19(21)18-15(13-6-3-8-22-11-13)10-16(24-20(18)25-17)14-7-4-9-23-12-14/h3-4,6-12H,2,5,21H2,1H3. The van der Waals surface area contributed by atoms with Gasteiger partial charge in [-0.1, -0.05) is 19.4 Å². The molecule has 0 aliphatic carbocycles. The zero-order valence-corrected chi connectivity index (χ0v) is 14.8. The molecule has 0 spiro atoms. The van der Waals surface area contributed by atoms with E-state index in [-0.39, 0.29) is 0 Å². The Morgan fingerprint density at radius 1 is 1.04 bits per heavy atom. The van der Waals surface area contributed by atoms with Crippen molar-refractivity contribution >= 4 is 27.2 Å². The van der Waals surface area contributed by atoms with Crippen LogP contribution in [-0.4, -0.2) is 15.0 Å². The molecular weight excluding hydrogens is 328 g/mol. The van der Waals surface area contributed by atoms with Crippen LogP contribution in [0.4, 0.5) is 5.69 Å². The minimum absolute atomic E-state index is 0.853. The van der Waals surface area contributed by atoms with E-state index in [9.17, 15) is 0 Å². The highest BCUT2D eigenvalue weighted by Crippen LogP contribution is 2.41. The van der Waals surface area contributed by atoms with E-state index in [1.807, 2.05) is 30.6 Å². The van der Waals surface area contributed by atoms with Crippen molar-refractivity contribution in [1.29, 1.82) is 0 Å². The fourth-order valence-corrected chi connectivity index (χ4v) is 4.21. The summed E-state index contributed by atoms with van der Waals surface area (Å²) < 4.78 is 0. The lowest BCUT2D eigenvalue weighted by Crippen LogP contribution is -1.92. The Bertz CT molecular complexity index is 1010. The Labute approximate surface area is 150 Å². The van der Waals surface area contributed by atoms with E-state index in [4.69, 9.17) is 10.7 Å². The molecule has 0 radical (unpaired) electrons. The zero-order chi connectivity index (χ0) is 17.2. The number of rotatable bonds is 4. The van der Waals surface area contributed by atoms with Gasteiger partial charge in [0.2, 0.25) is 0 Å². The van der Waals surface area contributed by atoms with Crippen LogP contribution in [-0.2, 0) is 6.42 Å². The maximum Gasteiger partial charge on any atom is 0.127 e. The monoisotopic (exact) mass is 346 g/mol. The number of nitrogen functional groups attached to an aromatic ring is 1. The first-order valence-corrected chi connectivity index (χ1v) is 9.12. The average molecular weight is 346 g/mol. The predicted molar refractivity (Wildman–Crippen MR) is 104 cm³/mol. The van der Waals surface area contributed by atoms with Crippen molar-refractivity contribution in [1.82, 2.24) is 15.0 Å². The molecule has 4 rings (SSSR count). The van der Waals surface area contributed by atoms with Crippen molar-refractivity contribution in [2.24, 2.45) is 0 Å². The van der Waals surface area contributed by atoms with E-state index in [0.717, 1.165) is 51.1 Å². The lowest BCUT2D eigenvalue weighted by atomic mass is 10.0. The summed E-state index contributed by atoms with van der Waals surface area (Å²) in [7, 11) is 0. The average Bonchev–Trinajstić information content (AvgIpc) is 2.98. The molecule has 0 aliphatic rings. The normalized spacial score (nSPS) is 11.1. The van der Waals surface area contributed by atoms with E-state index < -0.39 is 0 Å². The molecule has 4 nitrogen and oxygen atoms in total. The number of aromatic nitrogens is 3. The minimum Gasteiger partial charge on any atom is -0.397 e. The molecule has 0 unspecified atom stereocenters. The number of pyridine rings is 3. The van der Waals surface area contributed by atoms with Crippen LogP contribution in [0.25, 0.3) is 32.6 Å². The Morgan fingerprint density at radius 3 is 2.40 bits per heavy atom. The smallest absolute Gasteiger partial charge is 0.127 e. The number of anilines is 1. The first-order valence-electron chi connectivity index (χ1n) is 8.30. The second-order valence-electron chi connectivity index (χ2n) is 5.91. The van der Waals surface area contributed by atoms with Gasteiger partial charge in [0.25, 0.3) is 0 Å². The Hall–Kier alpha value is -2.79. The predicted octanol–water partition coefficient (Wildman–Crippen LogP) is 4.96. The fourth-order valence-electron chi connectivity index (χ4n) is 2.99. The molecule has 25 heavy (non-hydrogen) atoms. The molecule has 2 N–H and O–H groups in total. The Balaban J connectivity index is 2.02. The summed E-state index contributed by atoms with van der Waals surface area (Å²) in [4.78, 5) is 15.5. The number of hydrogen-bond donors (Lipinski definition) is 1. The summed E-state index contributed by atoms with van der Waals surface area (Å²) in [5.74, 6) is 0. The molecule has 0 saturated heterocycles. The van der Waals surface area contributed by atoms with Crippen molar-refractivity contribution in [2.75, 3.05) is 5.73 Å². The summed E-state index contributed by atoms with van der Waals surface area (Å²) >= 11 is 1.69. The first kappa shape index (κ1) is 15.7. The molecule has 5 heteroatoms.